The van der Waals surface area contributed by atoms with Gasteiger partial charge >= 0.3 is 0 Å². The number of anilines is 1. The third-order valence-corrected chi connectivity index (χ3v) is 4.72. The van der Waals surface area contributed by atoms with Gasteiger partial charge in [0, 0.05) is 24.8 Å². The summed E-state index contributed by atoms with van der Waals surface area (Å²) in [6, 6.07) is 5.36. The summed E-state index contributed by atoms with van der Waals surface area (Å²) in [5.74, 6) is -0.209. The Morgan fingerprint density at radius 1 is 1.30 bits per heavy atom. The summed E-state index contributed by atoms with van der Waals surface area (Å²) < 4.78 is 13.4. The van der Waals surface area contributed by atoms with Crippen LogP contribution < -0.4 is 10.6 Å². The summed E-state index contributed by atoms with van der Waals surface area (Å²) in [4.78, 5) is 2.30. The lowest BCUT2D eigenvalue weighted by Gasteiger charge is -2.40. The molecule has 3 heteroatoms. The van der Waals surface area contributed by atoms with E-state index in [1.54, 1.807) is 6.07 Å². The van der Waals surface area contributed by atoms with Crippen molar-refractivity contribution >= 4 is 5.69 Å². The molecule has 1 aromatic carbocycles. The smallest absolute Gasteiger partial charge is 0.123 e. The van der Waals surface area contributed by atoms with Crippen LogP contribution in [0.4, 0.5) is 10.1 Å². The normalized spacial score (nSPS) is 20.7. The molecule has 0 aromatic heterocycles. The largest absolute Gasteiger partial charge is 0.371 e. The minimum Gasteiger partial charge on any atom is -0.371 e. The summed E-state index contributed by atoms with van der Waals surface area (Å²) in [6.45, 7) is 6.60. The molecule has 1 fully saturated rings. The van der Waals surface area contributed by atoms with Crippen molar-refractivity contribution in [1.29, 1.82) is 0 Å². The monoisotopic (exact) mass is 278 g/mol. The van der Waals surface area contributed by atoms with Crippen LogP contribution in [0.2, 0.25) is 0 Å². The van der Waals surface area contributed by atoms with E-state index < -0.39 is 0 Å². The Bertz CT molecular complexity index is 458. The standard InChI is InChI=1S/C17H27FN2/c1-12(19)15-11-13(18)5-6-16(15)20(4)14-7-9-17(2,3)10-8-14/h5-6,11-12,14H,7-10,19H2,1-4H3. The molecule has 1 saturated carbocycles. The number of hydrogen-bond acceptors (Lipinski definition) is 2. The fourth-order valence-electron chi connectivity index (χ4n) is 3.18. The van der Waals surface area contributed by atoms with Crippen LogP contribution in [0.15, 0.2) is 18.2 Å². The van der Waals surface area contributed by atoms with E-state index in [9.17, 15) is 4.39 Å². The van der Waals surface area contributed by atoms with Gasteiger partial charge in [-0.1, -0.05) is 13.8 Å². The molecule has 0 radical (unpaired) electrons. The average Bonchev–Trinajstić information content (AvgIpc) is 2.37. The number of nitrogens with zero attached hydrogens (tertiary/aromatic N) is 1. The predicted octanol–water partition coefficient (Wildman–Crippen LogP) is 4.25. The quantitative estimate of drug-likeness (QED) is 0.895. The molecule has 1 atom stereocenters. The van der Waals surface area contributed by atoms with Crippen LogP contribution in [0.3, 0.4) is 0 Å². The average molecular weight is 278 g/mol. The molecular weight excluding hydrogens is 251 g/mol. The molecule has 0 bridgehead atoms. The van der Waals surface area contributed by atoms with E-state index in [2.05, 4.69) is 25.8 Å². The minimum absolute atomic E-state index is 0.150. The van der Waals surface area contributed by atoms with Crippen LogP contribution in [0.1, 0.15) is 58.1 Å². The number of benzene rings is 1. The van der Waals surface area contributed by atoms with Crippen molar-refractivity contribution in [3.63, 3.8) is 0 Å². The van der Waals surface area contributed by atoms with Gasteiger partial charge in [-0.25, -0.2) is 4.39 Å². The van der Waals surface area contributed by atoms with Crippen LogP contribution in [0.25, 0.3) is 0 Å². The lowest BCUT2D eigenvalue weighted by molar-refractivity contribution is 0.222. The van der Waals surface area contributed by atoms with E-state index in [0.717, 1.165) is 11.3 Å². The Kier molecular flexibility index (Phi) is 4.38. The molecule has 0 heterocycles. The maximum absolute atomic E-state index is 13.4. The molecule has 0 spiro atoms. The highest BCUT2D eigenvalue weighted by atomic mass is 19.1. The van der Waals surface area contributed by atoms with Gasteiger partial charge in [-0.3, -0.25) is 0 Å². The molecule has 1 aromatic rings. The highest BCUT2D eigenvalue weighted by Gasteiger charge is 2.29. The van der Waals surface area contributed by atoms with Gasteiger partial charge in [0.05, 0.1) is 0 Å². The lowest BCUT2D eigenvalue weighted by Crippen LogP contribution is -2.38. The first kappa shape index (κ1) is 15.3. The molecule has 0 aliphatic heterocycles. The summed E-state index contributed by atoms with van der Waals surface area (Å²) in [5.41, 5.74) is 8.44. The van der Waals surface area contributed by atoms with Crippen molar-refractivity contribution in [2.75, 3.05) is 11.9 Å². The Morgan fingerprint density at radius 3 is 2.45 bits per heavy atom. The third-order valence-electron chi connectivity index (χ3n) is 4.72. The predicted molar refractivity (Wildman–Crippen MR) is 83.4 cm³/mol. The molecule has 2 N–H and O–H groups in total. The number of rotatable bonds is 3. The van der Waals surface area contributed by atoms with Crippen molar-refractivity contribution in [3.8, 4) is 0 Å². The summed E-state index contributed by atoms with van der Waals surface area (Å²) in [6.07, 6.45) is 4.88. The van der Waals surface area contributed by atoms with E-state index in [1.165, 1.54) is 31.7 Å². The molecule has 1 aliphatic rings. The van der Waals surface area contributed by atoms with Crippen LogP contribution in [0, 0.1) is 11.2 Å². The zero-order chi connectivity index (χ0) is 14.9. The second-order valence-corrected chi connectivity index (χ2v) is 7.00. The Labute approximate surface area is 122 Å². The van der Waals surface area contributed by atoms with E-state index in [-0.39, 0.29) is 11.9 Å². The number of nitrogens with two attached hydrogens (primary N) is 1. The van der Waals surface area contributed by atoms with Crippen LogP contribution in [-0.4, -0.2) is 13.1 Å². The topological polar surface area (TPSA) is 29.3 Å². The first-order chi connectivity index (χ1) is 9.30. The lowest BCUT2D eigenvalue weighted by atomic mass is 9.75. The van der Waals surface area contributed by atoms with E-state index in [1.807, 2.05) is 13.0 Å². The first-order valence-corrected chi connectivity index (χ1v) is 7.58. The zero-order valence-electron chi connectivity index (χ0n) is 13.1. The van der Waals surface area contributed by atoms with Crippen LogP contribution in [-0.2, 0) is 0 Å². The van der Waals surface area contributed by atoms with Gasteiger partial charge in [0.15, 0.2) is 0 Å². The number of halogens is 1. The molecule has 0 saturated heterocycles. The first-order valence-electron chi connectivity index (χ1n) is 7.58. The minimum atomic E-state index is -0.209. The maximum Gasteiger partial charge on any atom is 0.123 e. The summed E-state index contributed by atoms with van der Waals surface area (Å²) >= 11 is 0. The van der Waals surface area contributed by atoms with E-state index >= 15 is 0 Å². The number of hydrogen-bond donors (Lipinski definition) is 1. The fraction of sp³-hybridized carbons (Fsp3) is 0.647. The van der Waals surface area contributed by atoms with Gasteiger partial charge in [0.1, 0.15) is 5.82 Å². The second-order valence-electron chi connectivity index (χ2n) is 7.00. The van der Waals surface area contributed by atoms with Gasteiger partial charge in [-0.2, -0.15) is 0 Å². The Hall–Kier alpha value is -1.09. The molecule has 0 amide bonds. The van der Waals surface area contributed by atoms with Crippen molar-refractivity contribution in [3.05, 3.63) is 29.6 Å². The molecule has 1 unspecified atom stereocenters. The van der Waals surface area contributed by atoms with Crippen LogP contribution >= 0.6 is 0 Å². The highest BCUT2D eigenvalue weighted by molar-refractivity contribution is 5.55. The van der Waals surface area contributed by atoms with E-state index in [0.29, 0.717) is 11.5 Å². The molecule has 1 aliphatic carbocycles. The summed E-state index contributed by atoms with van der Waals surface area (Å²) in [5, 5.41) is 0. The highest BCUT2D eigenvalue weighted by Crippen LogP contribution is 2.38. The molecular formula is C17H27FN2. The van der Waals surface area contributed by atoms with Gasteiger partial charge < -0.3 is 10.6 Å². The Morgan fingerprint density at radius 2 is 1.90 bits per heavy atom. The van der Waals surface area contributed by atoms with Gasteiger partial charge in [0.25, 0.3) is 0 Å². The van der Waals surface area contributed by atoms with E-state index in [4.69, 9.17) is 5.73 Å². The Balaban J connectivity index is 2.19. The third kappa shape index (κ3) is 3.32. The van der Waals surface area contributed by atoms with Crippen molar-refractivity contribution < 1.29 is 4.39 Å². The van der Waals surface area contributed by atoms with Gasteiger partial charge in [-0.15, -0.1) is 0 Å². The molecule has 2 rings (SSSR count). The van der Waals surface area contributed by atoms with Crippen molar-refractivity contribution in [1.82, 2.24) is 0 Å². The van der Waals surface area contributed by atoms with Gasteiger partial charge in [-0.05, 0) is 61.8 Å². The SMILES string of the molecule is CC(N)c1cc(F)ccc1N(C)C1CCC(C)(C)CC1. The molecule has 112 valence electrons. The maximum atomic E-state index is 13.4. The summed E-state index contributed by atoms with van der Waals surface area (Å²) in [7, 11) is 2.11. The zero-order valence-corrected chi connectivity index (χ0v) is 13.1. The van der Waals surface area contributed by atoms with Crippen molar-refractivity contribution in [2.45, 2.75) is 58.5 Å². The molecule has 2 nitrogen and oxygen atoms in total. The van der Waals surface area contributed by atoms with Gasteiger partial charge in [0.2, 0.25) is 0 Å². The van der Waals surface area contributed by atoms with Crippen molar-refractivity contribution in [2.24, 2.45) is 11.1 Å². The molecule has 20 heavy (non-hydrogen) atoms. The second kappa shape index (κ2) is 5.72. The van der Waals surface area contributed by atoms with Crippen LogP contribution in [0.5, 0.6) is 0 Å². The fourth-order valence-corrected chi connectivity index (χ4v) is 3.18.